The summed E-state index contributed by atoms with van der Waals surface area (Å²) in [6, 6.07) is 17.0. The summed E-state index contributed by atoms with van der Waals surface area (Å²) < 4.78 is 19.6. The maximum Gasteiger partial charge on any atom is 0.278 e. The van der Waals surface area contributed by atoms with Gasteiger partial charge in [-0.3, -0.25) is 9.59 Å². The van der Waals surface area contributed by atoms with E-state index in [4.69, 9.17) is 4.74 Å². The van der Waals surface area contributed by atoms with Crippen LogP contribution in [0.5, 0.6) is 5.75 Å². The van der Waals surface area contributed by atoms with Crippen LogP contribution in [0.3, 0.4) is 0 Å². The van der Waals surface area contributed by atoms with E-state index in [0.717, 1.165) is 23.9 Å². The van der Waals surface area contributed by atoms with Crippen LogP contribution in [0.1, 0.15) is 28.9 Å². The Morgan fingerprint density at radius 2 is 1.77 bits per heavy atom. The lowest BCUT2D eigenvalue weighted by atomic mass is 9.90. The normalized spacial score (nSPS) is 14.5. The number of hydrogen-bond acceptors (Lipinski definition) is 4. The molecule has 0 bridgehead atoms. The second-order valence-electron chi connectivity index (χ2n) is 7.71. The van der Waals surface area contributed by atoms with Gasteiger partial charge in [0.15, 0.2) is 11.4 Å². The van der Waals surface area contributed by atoms with Crippen molar-refractivity contribution in [2.75, 3.05) is 20.2 Å². The highest BCUT2D eigenvalue weighted by Gasteiger charge is 2.27. The summed E-state index contributed by atoms with van der Waals surface area (Å²) in [5.74, 6) is -0.0277. The van der Waals surface area contributed by atoms with Crippen molar-refractivity contribution >= 4 is 5.91 Å². The van der Waals surface area contributed by atoms with E-state index in [-0.39, 0.29) is 17.4 Å². The third-order valence-electron chi connectivity index (χ3n) is 5.66. The molecule has 0 atom stereocenters. The number of carbonyl (C=O) groups is 1. The number of carbonyl (C=O) groups excluding carboxylic acids is 1. The van der Waals surface area contributed by atoms with Crippen molar-refractivity contribution in [3.63, 3.8) is 0 Å². The Kier molecular flexibility index (Phi) is 6.11. The van der Waals surface area contributed by atoms with Crippen LogP contribution in [0.25, 0.3) is 5.69 Å². The van der Waals surface area contributed by atoms with Gasteiger partial charge in [-0.15, -0.1) is 0 Å². The highest BCUT2D eigenvalue weighted by atomic mass is 19.1. The highest BCUT2D eigenvalue weighted by molar-refractivity contribution is 5.94. The van der Waals surface area contributed by atoms with E-state index in [1.807, 2.05) is 18.2 Å². The Balaban J connectivity index is 1.52. The first kappa shape index (κ1) is 20.8. The zero-order valence-corrected chi connectivity index (χ0v) is 17.3. The first-order chi connectivity index (χ1) is 15.0. The summed E-state index contributed by atoms with van der Waals surface area (Å²) in [5, 5.41) is 4.27. The summed E-state index contributed by atoms with van der Waals surface area (Å²) in [6.07, 6.45) is 2.81. The predicted octanol–water partition coefficient (Wildman–Crippen LogP) is 3.48. The van der Waals surface area contributed by atoms with Crippen LogP contribution in [0.2, 0.25) is 0 Å². The fourth-order valence-electron chi connectivity index (χ4n) is 3.95. The summed E-state index contributed by atoms with van der Waals surface area (Å²) in [7, 11) is 1.40. The van der Waals surface area contributed by atoms with Gasteiger partial charge in [-0.05, 0) is 55.0 Å². The van der Waals surface area contributed by atoms with E-state index in [1.54, 1.807) is 4.90 Å². The van der Waals surface area contributed by atoms with E-state index in [0.29, 0.717) is 24.7 Å². The molecule has 0 radical (unpaired) electrons. The predicted molar refractivity (Wildman–Crippen MR) is 115 cm³/mol. The van der Waals surface area contributed by atoms with Crippen LogP contribution >= 0.6 is 0 Å². The van der Waals surface area contributed by atoms with Crippen molar-refractivity contribution in [2.24, 2.45) is 5.92 Å². The lowest BCUT2D eigenvalue weighted by Crippen LogP contribution is -2.40. The average molecular weight is 421 g/mol. The van der Waals surface area contributed by atoms with Crippen LogP contribution in [0, 0.1) is 11.7 Å². The Labute approximate surface area is 179 Å². The molecule has 0 unspecified atom stereocenters. The zero-order chi connectivity index (χ0) is 21.8. The number of ether oxygens (including phenoxy) is 1. The SMILES string of the molecule is COc1cc(=O)n(-c2ccc(F)cc2)nc1C(=O)N1CCC(Cc2ccccc2)CC1. The molecule has 160 valence electrons. The van der Waals surface area contributed by atoms with Gasteiger partial charge in [0, 0.05) is 13.1 Å². The molecule has 2 heterocycles. The van der Waals surface area contributed by atoms with Crippen molar-refractivity contribution < 1.29 is 13.9 Å². The van der Waals surface area contributed by atoms with E-state index in [9.17, 15) is 14.0 Å². The number of nitrogens with zero attached hydrogens (tertiary/aromatic N) is 3. The van der Waals surface area contributed by atoms with E-state index >= 15 is 0 Å². The minimum atomic E-state index is -0.457. The van der Waals surface area contributed by atoms with Crippen molar-refractivity contribution in [2.45, 2.75) is 19.3 Å². The van der Waals surface area contributed by atoms with Crippen molar-refractivity contribution in [3.05, 3.63) is 88.1 Å². The minimum absolute atomic E-state index is 0.0768. The first-order valence-electron chi connectivity index (χ1n) is 10.3. The molecule has 6 nitrogen and oxygen atoms in total. The fraction of sp³-hybridized carbons (Fsp3) is 0.292. The number of aromatic nitrogens is 2. The average Bonchev–Trinajstić information content (AvgIpc) is 2.80. The Morgan fingerprint density at radius 3 is 2.42 bits per heavy atom. The number of amides is 1. The second-order valence-corrected chi connectivity index (χ2v) is 7.71. The highest BCUT2D eigenvalue weighted by Crippen LogP contribution is 2.24. The third-order valence-corrected chi connectivity index (χ3v) is 5.66. The van der Waals surface area contributed by atoms with Gasteiger partial charge in [0.25, 0.3) is 11.5 Å². The number of methoxy groups -OCH3 is 1. The molecule has 1 amide bonds. The molecule has 1 aliphatic heterocycles. The number of halogens is 1. The molecule has 0 spiro atoms. The molecule has 1 aromatic heterocycles. The van der Waals surface area contributed by atoms with E-state index in [2.05, 4.69) is 17.2 Å². The monoisotopic (exact) mass is 421 g/mol. The largest absolute Gasteiger partial charge is 0.494 e. The van der Waals surface area contributed by atoms with Crippen LogP contribution in [0.15, 0.2) is 65.5 Å². The fourth-order valence-corrected chi connectivity index (χ4v) is 3.95. The standard InChI is InChI=1S/C24H24FN3O3/c1-31-21-16-22(29)28(20-9-7-19(25)8-10-20)26-23(21)24(30)27-13-11-18(12-14-27)15-17-5-3-2-4-6-17/h2-10,16,18H,11-15H2,1H3. The molecule has 1 saturated heterocycles. The summed E-state index contributed by atoms with van der Waals surface area (Å²) in [4.78, 5) is 27.4. The topological polar surface area (TPSA) is 64.4 Å². The molecule has 31 heavy (non-hydrogen) atoms. The van der Waals surface area contributed by atoms with Crippen LogP contribution < -0.4 is 10.3 Å². The summed E-state index contributed by atoms with van der Waals surface area (Å²) >= 11 is 0. The van der Waals surface area contributed by atoms with Gasteiger partial charge < -0.3 is 9.64 Å². The Morgan fingerprint density at radius 1 is 1.10 bits per heavy atom. The molecule has 0 N–H and O–H groups in total. The quantitative estimate of drug-likeness (QED) is 0.633. The van der Waals surface area contributed by atoms with Gasteiger partial charge in [-0.25, -0.2) is 4.39 Å². The van der Waals surface area contributed by atoms with Gasteiger partial charge in [-0.2, -0.15) is 9.78 Å². The molecule has 0 saturated carbocycles. The molecule has 4 rings (SSSR count). The smallest absolute Gasteiger partial charge is 0.278 e. The van der Waals surface area contributed by atoms with Crippen molar-refractivity contribution in [3.8, 4) is 11.4 Å². The first-order valence-corrected chi connectivity index (χ1v) is 10.3. The zero-order valence-electron chi connectivity index (χ0n) is 17.3. The number of likely N-dealkylation sites (tertiary alicyclic amines) is 1. The number of piperidine rings is 1. The number of rotatable bonds is 5. The maximum atomic E-state index is 13.3. The van der Waals surface area contributed by atoms with Gasteiger partial charge in [0.2, 0.25) is 0 Å². The minimum Gasteiger partial charge on any atom is -0.494 e. The Bertz CT molecular complexity index is 1110. The van der Waals surface area contributed by atoms with Crippen LogP contribution in [-0.4, -0.2) is 40.8 Å². The molecule has 0 aliphatic carbocycles. The molecule has 3 aromatic rings. The van der Waals surface area contributed by atoms with Crippen LogP contribution in [0.4, 0.5) is 4.39 Å². The van der Waals surface area contributed by atoms with Gasteiger partial charge >= 0.3 is 0 Å². The van der Waals surface area contributed by atoms with Gasteiger partial charge in [0.1, 0.15) is 5.82 Å². The molecule has 1 fully saturated rings. The molecule has 2 aromatic carbocycles. The van der Waals surface area contributed by atoms with Gasteiger partial charge in [-0.1, -0.05) is 30.3 Å². The Hall–Kier alpha value is -3.48. The lowest BCUT2D eigenvalue weighted by Gasteiger charge is -2.32. The molecular weight excluding hydrogens is 397 g/mol. The summed E-state index contributed by atoms with van der Waals surface area (Å²) in [5.41, 5.74) is 1.31. The lowest BCUT2D eigenvalue weighted by molar-refractivity contribution is 0.0678. The maximum absolute atomic E-state index is 13.3. The molecular formula is C24H24FN3O3. The molecule has 1 aliphatic rings. The van der Waals surface area contributed by atoms with E-state index < -0.39 is 11.4 Å². The van der Waals surface area contributed by atoms with Crippen molar-refractivity contribution in [1.29, 1.82) is 0 Å². The number of hydrogen-bond donors (Lipinski definition) is 0. The summed E-state index contributed by atoms with van der Waals surface area (Å²) in [6.45, 7) is 1.24. The van der Waals surface area contributed by atoms with Crippen LogP contribution in [-0.2, 0) is 6.42 Å². The molecule has 7 heteroatoms. The van der Waals surface area contributed by atoms with Gasteiger partial charge in [0.05, 0.1) is 18.9 Å². The third kappa shape index (κ3) is 4.66. The van der Waals surface area contributed by atoms with E-state index in [1.165, 1.54) is 43.0 Å². The number of benzene rings is 2. The van der Waals surface area contributed by atoms with Crippen molar-refractivity contribution in [1.82, 2.24) is 14.7 Å². The second kappa shape index (κ2) is 9.12.